The summed E-state index contributed by atoms with van der Waals surface area (Å²) in [6, 6.07) is 3.83. The molecule has 1 atom stereocenters. The molecule has 5 heteroatoms. The molecule has 0 aromatic heterocycles. The first-order chi connectivity index (χ1) is 11.1. The summed E-state index contributed by atoms with van der Waals surface area (Å²) in [6.45, 7) is 3.15. The van der Waals surface area contributed by atoms with Gasteiger partial charge in [-0.25, -0.2) is 0 Å². The zero-order valence-electron chi connectivity index (χ0n) is 13.6. The zero-order chi connectivity index (χ0) is 16.2. The van der Waals surface area contributed by atoms with Gasteiger partial charge in [0.15, 0.2) is 11.5 Å². The summed E-state index contributed by atoms with van der Waals surface area (Å²) >= 11 is 3.58. The van der Waals surface area contributed by atoms with E-state index in [1.54, 1.807) is 0 Å². The molecule has 2 aliphatic rings. The van der Waals surface area contributed by atoms with Crippen LogP contribution in [0, 0.1) is 5.92 Å². The number of halogens is 1. The molecule has 0 spiro atoms. The molecule has 1 aliphatic carbocycles. The largest absolute Gasteiger partial charge is 0.486 e. The standard InChI is InChI=1S/C18H24BrNO3/c1-12(20-18(21)9-13-5-3-2-4-6-13)14-10-16-17(11-15(14)19)23-8-7-22-16/h10-13H,2-9H2,1H3,(H,20,21). The van der Waals surface area contributed by atoms with Crippen LogP contribution in [0.5, 0.6) is 11.5 Å². The van der Waals surface area contributed by atoms with Gasteiger partial charge in [-0.3, -0.25) is 4.79 Å². The minimum Gasteiger partial charge on any atom is -0.486 e. The predicted octanol–water partition coefficient (Wildman–Crippen LogP) is 4.37. The highest BCUT2D eigenvalue weighted by atomic mass is 79.9. The molecule has 1 aromatic carbocycles. The van der Waals surface area contributed by atoms with Crippen LogP contribution in [0.2, 0.25) is 0 Å². The Morgan fingerprint density at radius 2 is 1.87 bits per heavy atom. The second-order valence-corrected chi connectivity index (χ2v) is 7.37. The molecule has 1 aromatic rings. The van der Waals surface area contributed by atoms with E-state index >= 15 is 0 Å². The Kier molecular flexibility index (Phi) is 5.46. The summed E-state index contributed by atoms with van der Waals surface area (Å²) in [5, 5.41) is 3.13. The lowest BCUT2D eigenvalue weighted by Crippen LogP contribution is -2.29. The second-order valence-electron chi connectivity index (χ2n) is 6.51. The molecule has 1 N–H and O–H groups in total. The first kappa shape index (κ1) is 16.6. The quantitative estimate of drug-likeness (QED) is 0.842. The maximum atomic E-state index is 12.3. The van der Waals surface area contributed by atoms with Gasteiger partial charge in [-0.2, -0.15) is 0 Å². The fraction of sp³-hybridized carbons (Fsp3) is 0.611. The molecule has 0 bridgehead atoms. The van der Waals surface area contributed by atoms with E-state index in [1.165, 1.54) is 32.1 Å². The van der Waals surface area contributed by atoms with E-state index in [1.807, 2.05) is 19.1 Å². The molecule has 1 fully saturated rings. The van der Waals surface area contributed by atoms with E-state index in [2.05, 4.69) is 21.2 Å². The summed E-state index contributed by atoms with van der Waals surface area (Å²) in [7, 11) is 0. The van der Waals surface area contributed by atoms with E-state index in [0.717, 1.165) is 21.5 Å². The number of nitrogens with one attached hydrogen (secondary N) is 1. The van der Waals surface area contributed by atoms with Gasteiger partial charge in [-0.1, -0.05) is 35.2 Å². The van der Waals surface area contributed by atoms with Crippen LogP contribution in [0.4, 0.5) is 0 Å². The Balaban J connectivity index is 1.63. The van der Waals surface area contributed by atoms with Gasteiger partial charge < -0.3 is 14.8 Å². The van der Waals surface area contributed by atoms with Crippen LogP contribution in [0.3, 0.4) is 0 Å². The van der Waals surface area contributed by atoms with E-state index in [9.17, 15) is 4.79 Å². The summed E-state index contributed by atoms with van der Waals surface area (Å²) in [6.07, 6.45) is 6.87. The molecule has 4 nitrogen and oxygen atoms in total. The second kappa shape index (κ2) is 7.56. The highest BCUT2D eigenvalue weighted by molar-refractivity contribution is 9.10. The third-order valence-electron chi connectivity index (χ3n) is 4.70. The van der Waals surface area contributed by atoms with Gasteiger partial charge in [0.1, 0.15) is 13.2 Å². The topological polar surface area (TPSA) is 47.6 Å². The maximum absolute atomic E-state index is 12.3. The average molecular weight is 382 g/mol. The van der Waals surface area contributed by atoms with Crippen LogP contribution < -0.4 is 14.8 Å². The van der Waals surface area contributed by atoms with Crippen LogP contribution in [0.1, 0.15) is 57.1 Å². The SMILES string of the molecule is CC(NC(=O)CC1CCCCC1)c1cc2c(cc1Br)OCCO2. The van der Waals surface area contributed by atoms with Crippen LogP contribution >= 0.6 is 15.9 Å². The van der Waals surface area contributed by atoms with Gasteiger partial charge in [0, 0.05) is 10.9 Å². The number of amides is 1. The molecular weight excluding hydrogens is 358 g/mol. The first-order valence-electron chi connectivity index (χ1n) is 8.52. The molecule has 1 saturated carbocycles. The van der Waals surface area contributed by atoms with Gasteiger partial charge in [0.2, 0.25) is 5.91 Å². The summed E-state index contributed by atoms with van der Waals surface area (Å²) in [4.78, 5) is 12.3. The number of carbonyl (C=O) groups is 1. The van der Waals surface area contributed by atoms with Crippen molar-refractivity contribution in [1.29, 1.82) is 0 Å². The fourth-order valence-corrected chi connectivity index (χ4v) is 4.11. The Bertz CT molecular complexity index is 570. The van der Waals surface area contributed by atoms with Crippen molar-refractivity contribution in [3.63, 3.8) is 0 Å². The minimum atomic E-state index is -0.0590. The number of ether oxygens (including phenoxy) is 2. The third kappa shape index (κ3) is 4.19. The smallest absolute Gasteiger partial charge is 0.220 e. The van der Waals surface area contributed by atoms with Crippen LogP contribution in [-0.2, 0) is 4.79 Å². The van der Waals surface area contributed by atoms with Gasteiger partial charge in [0.25, 0.3) is 0 Å². The monoisotopic (exact) mass is 381 g/mol. The lowest BCUT2D eigenvalue weighted by Gasteiger charge is -2.24. The van der Waals surface area contributed by atoms with Crippen molar-refractivity contribution in [1.82, 2.24) is 5.32 Å². The molecular formula is C18H24BrNO3. The van der Waals surface area contributed by atoms with E-state index in [-0.39, 0.29) is 11.9 Å². The van der Waals surface area contributed by atoms with E-state index < -0.39 is 0 Å². The van der Waals surface area contributed by atoms with Crippen molar-refractivity contribution in [3.8, 4) is 11.5 Å². The van der Waals surface area contributed by atoms with Gasteiger partial charge in [0.05, 0.1) is 6.04 Å². The van der Waals surface area contributed by atoms with Crippen LogP contribution in [-0.4, -0.2) is 19.1 Å². The Morgan fingerprint density at radius 1 is 1.22 bits per heavy atom. The number of rotatable bonds is 4. The highest BCUT2D eigenvalue weighted by Crippen LogP contribution is 2.38. The van der Waals surface area contributed by atoms with Gasteiger partial charge >= 0.3 is 0 Å². The number of carbonyl (C=O) groups excluding carboxylic acids is 1. The summed E-state index contributed by atoms with van der Waals surface area (Å²) < 4.78 is 12.2. The molecule has 1 heterocycles. The van der Waals surface area contributed by atoms with Crippen LogP contribution in [0.25, 0.3) is 0 Å². The Morgan fingerprint density at radius 3 is 2.57 bits per heavy atom. The van der Waals surface area contributed by atoms with Gasteiger partial charge in [-0.15, -0.1) is 0 Å². The average Bonchev–Trinajstić information content (AvgIpc) is 2.55. The summed E-state index contributed by atoms with van der Waals surface area (Å²) in [5.74, 6) is 2.21. The number of hydrogen-bond donors (Lipinski definition) is 1. The third-order valence-corrected chi connectivity index (χ3v) is 5.39. The Labute approximate surface area is 146 Å². The molecule has 0 radical (unpaired) electrons. The van der Waals surface area contributed by atoms with Gasteiger partial charge in [-0.05, 0) is 43.4 Å². The van der Waals surface area contributed by atoms with Crippen molar-refractivity contribution in [2.24, 2.45) is 5.92 Å². The predicted molar refractivity (Wildman–Crippen MR) is 92.9 cm³/mol. The normalized spacial score (nSPS) is 19.2. The molecule has 23 heavy (non-hydrogen) atoms. The molecule has 3 rings (SSSR count). The highest BCUT2D eigenvalue weighted by Gasteiger charge is 2.21. The molecule has 1 aliphatic heterocycles. The fourth-order valence-electron chi connectivity index (χ4n) is 3.44. The maximum Gasteiger partial charge on any atom is 0.220 e. The molecule has 1 amide bonds. The molecule has 126 valence electrons. The van der Waals surface area contributed by atoms with E-state index in [0.29, 0.717) is 25.6 Å². The zero-order valence-corrected chi connectivity index (χ0v) is 15.2. The van der Waals surface area contributed by atoms with Crippen molar-refractivity contribution in [3.05, 3.63) is 22.2 Å². The molecule has 1 unspecified atom stereocenters. The van der Waals surface area contributed by atoms with Crippen LogP contribution in [0.15, 0.2) is 16.6 Å². The number of benzene rings is 1. The van der Waals surface area contributed by atoms with Crippen molar-refractivity contribution >= 4 is 21.8 Å². The molecule has 0 saturated heterocycles. The lowest BCUT2D eigenvalue weighted by molar-refractivity contribution is -0.122. The van der Waals surface area contributed by atoms with Crippen molar-refractivity contribution in [2.75, 3.05) is 13.2 Å². The van der Waals surface area contributed by atoms with Crippen molar-refractivity contribution < 1.29 is 14.3 Å². The number of fused-ring (bicyclic) bond motifs is 1. The number of hydrogen-bond acceptors (Lipinski definition) is 3. The summed E-state index contributed by atoms with van der Waals surface area (Å²) in [5.41, 5.74) is 1.02. The first-order valence-corrected chi connectivity index (χ1v) is 9.31. The Hall–Kier alpha value is -1.23. The lowest BCUT2D eigenvalue weighted by atomic mass is 9.87. The van der Waals surface area contributed by atoms with E-state index in [4.69, 9.17) is 9.47 Å². The van der Waals surface area contributed by atoms with Crippen molar-refractivity contribution in [2.45, 2.75) is 51.5 Å². The minimum absolute atomic E-state index is 0.0590.